The molecule has 1 N–H and O–H groups in total. The van der Waals surface area contributed by atoms with Crippen LogP contribution in [0.5, 0.6) is 0 Å². The normalized spacial score (nSPS) is 13.6. The highest BCUT2D eigenvalue weighted by molar-refractivity contribution is 4.80. The van der Waals surface area contributed by atoms with E-state index in [1.54, 1.807) is 20.8 Å². The van der Waals surface area contributed by atoms with Crippen LogP contribution in [0.1, 0.15) is 33.6 Å². The first-order valence-corrected chi connectivity index (χ1v) is 5.27. The average molecular weight is 227 g/mol. The first kappa shape index (κ1) is 14.7. The Labute approximate surface area is 89.1 Å². The highest BCUT2D eigenvalue weighted by atomic mass is 19.4. The van der Waals surface area contributed by atoms with Crippen LogP contribution in [0.2, 0.25) is 0 Å². The minimum absolute atomic E-state index is 0.0794. The quantitative estimate of drug-likeness (QED) is 0.753. The zero-order valence-corrected chi connectivity index (χ0v) is 9.56. The van der Waals surface area contributed by atoms with Gasteiger partial charge in [-0.3, -0.25) is 4.90 Å². The topological polar surface area (TPSA) is 23.5 Å². The molecule has 0 aliphatic carbocycles. The molecular formula is C10H20F3NO. The fourth-order valence-corrected chi connectivity index (χ4v) is 1.42. The van der Waals surface area contributed by atoms with Crippen molar-refractivity contribution < 1.29 is 18.3 Å². The second-order valence-corrected chi connectivity index (χ2v) is 3.85. The summed E-state index contributed by atoms with van der Waals surface area (Å²) in [7, 11) is 0. The molecule has 0 amide bonds. The number of likely N-dealkylation sites (N-methyl/N-ethyl adjacent to an activating group) is 1. The van der Waals surface area contributed by atoms with Gasteiger partial charge in [-0.2, -0.15) is 13.2 Å². The van der Waals surface area contributed by atoms with Gasteiger partial charge in [-0.05, 0) is 19.4 Å². The Hall–Kier alpha value is -0.290. The molecule has 92 valence electrons. The van der Waals surface area contributed by atoms with Crippen molar-refractivity contribution in [2.24, 2.45) is 0 Å². The fraction of sp³-hybridized carbons (Fsp3) is 1.00. The summed E-state index contributed by atoms with van der Waals surface area (Å²) in [6.45, 7) is 4.65. The van der Waals surface area contributed by atoms with Gasteiger partial charge in [0.15, 0.2) is 0 Å². The van der Waals surface area contributed by atoms with Crippen molar-refractivity contribution in [2.75, 3.05) is 19.6 Å². The molecule has 0 heterocycles. The third-order valence-electron chi connectivity index (χ3n) is 2.68. The Balaban J connectivity index is 4.32. The number of nitrogens with zero attached hydrogens (tertiary/aromatic N) is 1. The first-order chi connectivity index (χ1) is 6.76. The fourth-order valence-electron chi connectivity index (χ4n) is 1.42. The zero-order chi connectivity index (χ0) is 12.1. The van der Waals surface area contributed by atoms with Crippen molar-refractivity contribution in [2.45, 2.75) is 45.4 Å². The van der Waals surface area contributed by atoms with E-state index in [1.807, 2.05) is 0 Å². The van der Waals surface area contributed by atoms with Crippen LogP contribution in [-0.4, -0.2) is 41.4 Å². The molecule has 0 spiro atoms. The number of rotatable bonds is 6. The molecule has 0 aromatic heterocycles. The molecule has 0 atom stereocenters. The minimum atomic E-state index is -4.20. The van der Waals surface area contributed by atoms with Crippen LogP contribution >= 0.6 is 0 Å². The van der Waals surface area contributed by atoms with Crippen molar-refractivity contribution in [3.8, 4) is 0 Å². The third kappa shape index (κ3) is 5.99. The van der Waals surface area contributed by atoms with Gasteiger partial charge in [0.1, 0.15) is 0 Å². The van der Waals surface area contributed by atoms with E-state index in [9.17, 15) is 18.3 Å². The summed E-state index contributed by atoms with van der Waals surface area (Å²) in [5, 5.41) is 9.92. The van der Waals surface area contributed by atoms with Crippen LogP contribution < -0.4 is 0 Å². The van der Waals surface area contributed by atoms with Gasteiger partial charge in [0.2, 0.25) is 0 Å². The summed E-state index contributed by atoms with van der Waals surface area (Å²) in [5.74, 6) is 0. The van der Waals surface area contributed by atoms with E-state index in [1.165, 1.54) is 4.90 Å². The lowest BCUT2D eigenvalue weighted by Crippen LogP contribution is -2.45. The van der Waals surface area contributed by atoms with Crippen LogP contribution in [-0.2, 0) is 0 Å². The molecule has 2 nitrogen and oxygen atoms in total. The highest BCUT2D eigenvalue weighted by Crippen LogP contribution is 2.21. The SMILES string of the molecule is CCN(CC(F)(F)F)CC(O)(CC)CC. The predicted molar refractivity (Wildman–Crippen MR) is 53.7 cm³/mol. The lowest BCUT2D eigenvalue weighted by atomic mass is 9.97. The van der Waals surface area contributed by atoms with Gasteiger partial charge in [-0.15, -0.1) is 0 Å². The van der Waals surface area contributed by atoms with Crippen LogP contribution in [0.3, 0.4) is 0 Å². The average Bonchev–Trinajstić information content (AvgIpc) is 2.14. The predicted octanol–water partition coefficient (Wildman–Crippen LogP) is 2.42. The summed E-state index contributed by atoms with van der Waals surface area (Å²) >= 11 is 0. The van der Waals surface area contributed by atoms with Gasteiger partial charge in [-0.25, -0.2) is 0 Å². The van der Waals surface area contributed by atoms with E-state index in [2.05, 4.69) is 0 Å². The van der Waals surface area contributed by atoms with E-state index in [4.69, 9.17) is 0 Å². The van der Waals surface area contributed by atoms with Crippen LogP contribution in [0.4, 0.5) is 13.2 Å². The number of halogens is 3. The Morgan fingerprint density at radius 1 is 1.00 bits per heavy atom. The molecule has 0 rings (SSSR count). The van der Waals surface area contributed by atoms with E-state index >= 15 is 0 Å². The lowest BCUT2D eigenvalue weighted by molar-refractivity contribution is -0.152. The number of hydrogen-bond acceptors (Lipinski definition) is 2. The van der Waals surface area contributed by atoms with Gasteiger partial charge in [0, 0.05) is 6.54 Å². The number of aliphatic hydroxyl groups is 1. The van der Waals surface area contributed by atoms with Crippen molar-refractivity contribution in [3.63, 3.8) is 0 Å². The summed E-state index contributed by atoms with van der Waals surface area (Å²) in [5.41, 5.74) is -0.999. The van der Waals surface area contributed by atoms with Crippen LogP contribution in [0, 0.1) is 0 Å². The third-order valence-corrected chi connectivity index (χ3v) is 2.68. The molecule has 0 aromatic rings. The molecule has 0 aliphatic rings. The van der Waals surface area contributed by atoms with Gasteiger partial charge in [0.05, 0.1) is 12.1 Å². The van der Waals surface area contributed by atoms with Gasteiger partial charge in [-0.1, -0.05) is 20.8 Å². The van der Waals surface area contributed by atoms with E-state index in [-0.39, 0.29) is 6.54 Å². The molecule has 0 saturated carbocycles. The zero-order valence-electron chi connectivity index (χ0n) is 9.56. The molecular weight excluding hydrogens is 207 g/mol. The molecule has 0 unspecified atom stereocenters. The van der Waals surface area contributed by atoms with Gasteiger partial charge in [0.25, 0.3) is 0 Å². The van der Waals surface area contributed by atoms with E-state index < -0.39 is 18.3 Å². The minimum Gasteiger partial charge on any atom is -0.389 e. The maximum absolute atomic E-state index is 12.2. The highest BCUT2D eigenvalue weighted by Gasteiger charge is 2.33. The van der Waals surface area contributed by atoms with Crippen LogP contribution in [0.15, 0.2) is 0 Å². The van der Waals surface area contributed by atoms with Crippen molar-refractivity contribution >= 4 is 0 Å². The Morgan fingerprint density at radius 2 is 1.47 bits per heavy atom. The molecule has 0 radical (unpaired) electrons. The molecule has 0 bridgehead atoms. The van der Waals surface area contributed by atoms with Crippen molar-refractivity contribution in [1.82, 2.24) is 4.90 Å². The largest absolute Gasteiger partial charge is 0.401 e. The lowest BCUT2D eigenvalue weighted by Gasteiger charge is -2.32. The van der Waals surface area contributed by atoms with Crippen LogP contribution in [0.25, 0.3) is 0 Å². The monoisotopic (exact) mass is 227 g/mol. The number of alkyl halides is 3. The smallest absolute Gasteiger partial charge is 0.389 e. The summed E-state index contributed by atoms with van der Waals surface area (Å²) in [4.78, 5) is 1.23. The van der Waals surface area contributed by atoms with E-state index in [0.29, 0.717) is 19.4 Å². The number of hydrogen-bond donors (Lipinski definition) is 1. The first-order valence-electron chi connectivity index (χ1n) is 5.27. The maximum Gasteiger partial charge on any atom is 0.401 e. The molecule has 0 aromatic carbocycles. The Morgan fingerprint density at radius 3 is 1.73 bits per heavy atom. The molecule has 0 saturated heterocycles. The van der Waals surface area contributed by atoms with Gasteiger partial charge < -0.3 is 5.11 Å². The molecule has 15 heavy (non-hydrogen) atoms. The van der Waals surface area contributed by atoms with Crippen molar-refractivity contribution in [3.05, 3.63) is 0 Å². The summed E-state index contributed by atoms with van der Waals surface area (Å²) < 4.78 is 36.5. The van der Waals surface area contributed by atoms with Crippen molar-refractivity contribution in [1.29, 1.82) is 0 Å². The molecule has 0 aliphatic heterocycles. The standard InChI is InChI=1S/C10H20F3NO/c1-4-9(15,5-2)7-14(6-3)8-10(11,12)13/h15H,4-8H2,1-3H3. The summed E-state index contributed by atoms with van der Waals surface area (Å²) in [6, 6.07) is 0. The molecule has 0 fully saturated rings. The summed E-state index contributed by atoms with van der Waals surface area (Å²) in [6.07, 6.45) is -3.26. The Kier molecular flexibility index (Phi) is 5.59. The Bertz CT molecular complexity index is 178. The van der Waals surface area contributed by atoms with Gasteiger partial charge >= 0.3 is 6.18 Å². The second-order valence-electron chi connectivity index (χ2n) is 3.85. The molecule has 5 heteroatoms. The van der Waals surface area contributed by atoms with E-state index in [0.717, 1.165) is 0 Å². The second kappa shape index (κ2) is 5.70. The maximum atomic E-state index is 12.2.